The molecule has 0 spiro atoms. The minimum absolute atomic E-state index is 0.0463. The number of benzene rings is 3. The lowest BCUT2D eigenvalue weighted by atomic mass is 10.0. The van der Waals surface area contributed by atoms with Crippen LogP contribution in [-0.4, -0.2) is 43.2 Å². The molecule has 0 radical (unpaired) electrons. The summed E-state index contributed by atoms with van der Waals surface area (Å²) < 4.78 is 3.60. The lowest BCUT2D eigenvalue weighted by molar-refractivity contribution is 0.0685. The number of imidazole rings is 1. The van der Waals surface area contributed by atoms with Gasteiger partial charge in [-0.2, -0.15) is 5.10 Å². The minimum atomic E-state index is -0.0917. The van der Waals surface area contributed by atoms with Crippen LogP contribution in [0.5, 0.6) is 0 Å². The second-order valence-electron chi connectivity index (χ2n) is 9.37. The molecule has 1 aliphatic rings. The summed E-state index contributed by atoms with van der Waals surface area (Å²) in [4.78, 5) is 31.3. The number of rotatable bonds is 4. The van der Waals surface area contributed by atoms with E-state index in [-0.39, 0.29) is 17.6 Å². The van der Waals surface area contributed by atoms with E-state index in [9.17, 15) is 9.59 Å². The second kappa shape index (κ2) is 9.00. The van der Waals surface area contributed by atoms with Gasteiger partial charge in [0.05, 0.1) is 22.4 Å². The normalized spacial score (nSPS) is 14.4. The number of carbonyl (C=O) groups is 1. The van der Waals surface area contributed by atoms with Crippen molar-refractivity contribution >= 4 is 16.9 Å². The average Bonchev–Trinajstić information content (AvgIpc) is 3.50. The van der Waals surface area contributed by atoms with Crippen molar-refractivity contribution in [2.75, 3.05) is 13.1 Å². The Hall–Kier alpha value is -4.39. The summed E-state index contributed by atoms with van der Waals surface area (Å²) in [5.41, 5.74) is 5.94. The number of fused-ring (bicyclic) bond motifs is 1. The smallest absolute Gasteiger partial charge is 0.326 e. The lowest BCUT2D eigenvalue weighted by Crippen LogP contribution is -2.41. The van der Waals surface area contributed by atoms with E-state index in [0.29, 0.717) is 18.8 Å². The molecule has 180 valence electrons. The predicted octanol–water partition coefficient (Wildman–Crippen LogP) is 4.97. The van der Waals surface area contributed by atoms with E-state index >= 15 is 0 Å². The molecule has 3 aromatic carbocycles. The van der Waals surface area contributed by atoms with Crippen LogP contribution in [0.15, 0.2) is 89.7 Å². The molecule has 0 unspecified atom stereocenters. The average molecular weight is 478 g/mol. The van der Waals surface area contributed by atoms with Gasteiger partial charge in [0.1, 0.15) is 5.69 Å². The maximum Gasteiger partial charge on any atom is 0.326 e. The first-order chi connectivity index (χ1) is 17.6. The number of aromatic amines is 1. The number of hydrogen-bond donors (Lipinski definition) is 1. The molecule has 0 atom stereocenters. The van der Waals surface area contributed by atoms with Crippen molar-refractivity contribution in [2.45, 2.75) is 25.8 Å². The van der Waals surface area contributed by atoms with E-state index in [1.807, 2.05) is 101 Å². The van der Waals surface area contributed by atoms with Crippen LogP contribution in [0.4, 0.5) is 0 Å². The van der Waals surface area contributed by atoms with Crippen LogP contribution in [0, 0.1) is 6.92 Å². The predicted molar refractivity (Wildman–Crippen MR) is 140 cm³/mol. The third-order valence-electron chi connectivity index (χ3n) is 7.02. The van der Waals surface area contributed by atoms with Gasteiger partial charge in [-0.1, -0.05) is 60.2 Å². The van der Waals surface area contributed by atoms with Crippen LogP contribution in [0.1, 0.15) is 34.9 Å². The number of amides is 1. The van der Waals surface area contributed by atoms with Crippen molar-refractivity contribution in [1.29, 1.82) is 0 Å². The Kier molecular flexibility index (Phi) is 5.52. The van der Waals surface area contributed by atoms with Crippen molar-refractivity contribution in [1.82, 2.24) is 24.2 Å². The van der Waals surface area contributed by atoms with Crippen molar-refractivity contribution in [3.05, 3.63) is 107 Å². The molecule has 7 nitrogen and oxygen atoms in total. The summed E-state index contributed by atoms with van der Waals surface area (Å²) >= 11 is 0. The number of H-pyrrole nitrogens is 1. The Balaban J connectivity index is 1.29. The number of nitrogens with one attached hydrogen (secondary N) is 1. The third kappa shape index (κ3) is 3.92. The Bertz CT molecular complexity index is 1590. The van der Waals surface area contributed by atoms with Crippen molar-refractivity contribution < 1.29 is 4.79 Å². The number of aryl methyl sites for hydroxylation is 1. The molecule has 0 bridgehead atoms. The quantitative estimate of drug-likeness (QED) is 0.397. The van der Waals surface area contributed by atoms with Crippen LogP contribution in [-0.2, 0) is 0 Å². The summed E-state index contributed by atoms with van der Waals surface area (Å²) in [5.74, 6) is -0.0463. The summed E-state index contributed by atoms with van der Waals surface area (Å²) in [7, 11) is 0. The van der Waals surface area contributed by atoms with E-state index in [1.54, 1.807) is 4.68 Å². The first-order valence-electron chi connectivity index (χ1n) is 12.3. The Labute approximate surface area is 208 Å². The standard InChI is InChI=1S/C29H27N5O2/c1-20-11-13-23(14-12-20)34-27(19-25(31-34)21-7-3-2-4-8-21)28(35)32-17-15-22(16-18-32)33-26-10-6-5-9-24(26)30-29(33)36/h2-14,19,22H,15-18H2,1H3,(H,30,36). The van der Waals surface area contributed by atoms with Gasteiger partial charge in [0.25, 0.3) is 5.91 Å². The molecule has 1 amide bonds. The van der Waals surface area contributed by atoms with Gasteiger partial charge in [-0.25, -0.2) is 9.48 Å². The molecule has 7 heteroatoms. The molecule has 3 heterocycles. The van der Waals surface area contributed by atoms with E-state index < -0.39 is 0 Å². The number of aromatic nitrogens is 4. The highest BCUT2D eigenvalue weighted by Gasteiger charge is 2.29. The number of para-hydroxylation sites is 2. The third-order valence-corrected chi connectivity index (χ3v) is 7.02. The fraction of sp³-hybridized carbons (Fsp3) is 0.207. The fourth-order valence-electron chi connectivity index (χ4n) is 5.09. The molecule has 1 fully saturated rings. The highest BCUT2D eigenvalue weighted by atomic mass is 16.2. The van der Waals surface area contributed by atoms with Gasteiger partial charge >= 0.3 is 5.69 Å². The number of carbonyl (C=O) groups excluding carboxylic acids is 1. The van der Waals surface area contributed by atoms with E-state index in [0.717, 1.165) is 46.4 Å². The topological polar surface area (TPSA) is 75.9 Å². The van der Waals surface area contributed by atoms with Crippen LogP contribution < -0.4 is 5.69 Å². The molecule has 1 saturated heterocycles. The Morgan fingerprint density at radius 2 is 1.61 bits per heavy atom. The minimum Gasteiger partial charge on any atom is -0.337 e. The first-order valence-corrected chi connectivity index (χ1v) is 12.3. The van der Waals surface area contributed by atoms with E-state index in [4.69, 9.17) is 5.10 Å². The van der Waals surface area contributed by atoms with E-state index in [1.165, 1.54) is 0 Å². The molecular weight excluding hydrogens is 450 g/mol. The maximum absolute atomic E-state index is 13.8. The molecule has 0 saturated carbocycles. The molecule has 1 N–H and O–H groups in total. The van der Waals surface area contributed by atoms with Crippen LogP contribution in [0.25, 0.3) is 28.0 Å². The monoisotopic (exact) mass is 477 g/mol. The molecular formula is C29H27N5O2. The maximum atomic E-state index is 13.8. The molecule has 1 aliphatic heterocycles. The fourth-order valence-corrected chi connectivity index (χ4v) is 5.09. The van der Waals surface area contributed by atoms with Crippen LogP contribution >= 0.6 is 0 Å². The molecule has 36 heavy (non-hydrogen) atoms. The van der Waals surface area contributed by atoms with Gasteiger partial charge in [-0.3, -0.25) is 9.36 Å². The second-order valence-corrected chi connectivity index (χ2v) is 9.37. The summed E-state index contributed by atoms with van der Waals surface area (Å²) in [6, 6.07) is 27.6. The zero-order valence-electron chi connectivity index (χ0n) is 20.1. The van der Waals surface area contributed by atoms with Gasteiger partial charge < -0.3 is 9.88 Å². The van der Waals surface area contributed by atoms with Gasteiger partial charge in [0, 0.05) is 24.7 Å². The summed E-state index contributed by atoms with van der Waals surface area (Å²) in [6.07, 6.45) is 1.44. The highest BCUT2D eigenvalue weighted by Crippen LogP contribution is 2.28. The zero-order chi connectivity index (χ0) is 24.6. The Morgan fingerprint density at radius 3 is 2.36 bits per heavy atom. The highest BCUT2D eigenvalue weighted by molar-refractivity contribution is 5.94. The number of piperidine rings is 1. The first kappa shape index (κ1) is 22.1. The van der Waals surface area contributed by atoms with Crippen molar-refractivity contribution in [2.24, 2.45) is 0 Å². The number of hydrogen-bond acceptors (Lipinski definition) is 3. The molecule has 2 aromatic heterocycles. The zero-order valence-corrected chi connectivity index (χ0v) is 20.1. The summed E-state index contributed by atoms with van der Waals surface area (Å²) in [5, 5.41) is 4.82. The van der Waals surface area contributed by atoms with Gasteiger partial charge in [0.15, 0.2) is 0 Å². The number of nitrogens with zero attached hydrogens (tertiary/aromatic N) is 4. The number of likely N-dealkylation sites (tertiary alicyclic amines) is 1. The SMILES string of the molecule is Cc1ccc(-n2nc(-c3ccccc3)cc2C(=O)N2CCC(n3c(=O)[nH]c4ccccc43)CC2)cc1. The van der Waals surface area contributed by atoms with Crippen LogP contribution in [0.2, 0.25) is 0 Å². The van der Waals surface area contributed by atoms with Gasteiger partial charge in [-0.05, 0) is 50.1 Å². The Morgan fingerprint density at radius 1 is 0.917 bits per heavy atom. The summed E-state index contributed by atoms with van der Waals surface area (Å²) in [6.45, 7) is 3.20. The molecule has 6 rings (SSSR count). The van der Waals surface area contributed by atoms with E-state index in [2.05, 4.69) is 4.98 Å². The van der Waals surface area contributed by atoms with Crippen molar-refractivity contribution in [3.63, 3.8) is 0 Å². The van der Waals surface area contributed by atoms with Gasteiger partial charge in [-0.15, -0.1) is 0 Å². The largest absolute Gasteiger partial charge is 0.337 e. The van der Waals surface area contributed by atoms with Crippen LogP contribution in [0.3, 0.4) is 0 Å². The van der Waals surface area contributed by atoms with Crippen molar-refractivity contribution in [3.8, 4) is 16.9 Å². The molecule has 5 aromatic rings. The van der Waals surface area contributed by atoms with Gasteiger partial charge in [0.2, 0.25) is 0 Å². The lowest BCUT2D eigenvalue weighted by Gasteiger charge is -2.32. The molecule has 0 aliphatic carbocycles.